The van der Waals surface area contributed by atoms with Gasteiger partial charge in [-0.15, -0.1) is 0 Å². The van der Waals surface area contributed by atoms with E-state index in [0.717, 1.165) is 56.8 Å². The minimum absolute atomic E-state index is 0.303. The first-order valence-electron chi connectivity index (χ1n) is 14.2. The molecule has 0 aliphatic heterocycles. The molecule has 0 saturated heterocycles. The summed E-state index contributed by atoms with van der Waals surface area (Å²) in [5, 5.41) is 16.8. The smallest absolute Gasteiger partial charge is 0.181 e. The van der Waals surface area contributed by atoms with Crippen molar-refractivity contribution in [3.8, 4) is 16.9 Å². The molecule has 40 heavy (non-hydrogen) atoms. The monoisotopic (exact) mass is 533 g/mol. The second-order valence-corrected chi connectivity index (χ2v) is 10.6. The Morgan fingerprint density at radius 3 is 2.33 bits per heavy atom. The van der Waals surface area contributed by atoms with Crippen LogP contribution in [0.3, 0.4) is 0 Å². The van der Waals surface area contributed by atoms with E-state index in [2.05, 4.69) is 103 Å². The number of fused-ring (bicyclic) bond motifs is 2. The largest absolute Gasteiger partial charge is 0.273 e. The summed E-state index contributed by atoms with van der Waals surface area (Å²) in [6, 6.07) is 19.1. The maximum atomic E-state index is 5.23. The Hall–Kier alpha value is -4.26. The Labute approximate surface area is 236 Å². The van der Waals surface area contributed by atoms with Crippen LogP contribution in [0.5, 0.6) is 0 Å². The second-order valence-electron chi connectivity index (χ2n) is 10.6. The van der Waals surface area contributed by atoms with E-state index in [1.165, 1.54) is 11.1 Å². The molecule has 0 aliphatic rings. The number of hydrogen-bond donors (Lipinski definition) is 0. The zero-order valence-electron chi connectivity index (χ0n) is 24.8. The predicted molar refractivity (Wildman–Crippen MR) is 164 cm³/mol. The molecule has 0 N–H and O–H groups in total. The van der Waals surface area contributed by atoms with Gasteiger partial charge in [0, 0.05) is 59.5 Å². The summed E-state index contributed by atoms with van der Waals surface area (Å²) in [6.45, 7) is 15.7. The van der Waals surface area contributed by atoms with Gasteiger partial charge in [0.15, 0.2) is 5.65 Å². The van der Waals surface area contributed by atoms with Gasteiger partial charge in [0.2, 0.25) is 0 Å². The molecule has 4 heterocycles. The number of aromatic nitrogens is 7. The SMILES string of the molecule is CC.Cc1nc2nn(C)cc2cc1-n1nc(-c2cccc3nn(C[C@H](C)c4ccccc4)cc23)c(C(C)C)c1C. The molecular weight excluding hydrogens is 494 g/mol. The van der Waals surface area contributed by atoms with Crippen molar-refractivity contribution in [1.29, 1.82) is 0 Å². The molecule has 0 bridgehead atoms. The summed E-state index contributed by atoms with van der Waals surface area (Å²) < 4.78 is 5.94. The summed E-state index contributed by atoms with van der Waals surface area (Å²) in [5.74, 6) is 0.664. The number of aryl methyl sites for hydroxylation is 2. The quantitative estimate of drug-likeness (QED) is 0.220. The third kappa shape index (κ3) is 4.92. The van der Waals surface area contributed by atoms with Gasteiger partial charge < -0.3 is 0 Å². The molecule has 0 fully saturated rings. The Morgan fingerprint density at radius 1 is 0.850 bits per heavy atom. The minimum atomic E-state index is 0.303. The first-order valence-corrected chi connectivity index (χ1v) is 14.2. The third-order valence-corrected chi connectivity index (χ3v) is 7.42. The number of rotatable bonds is 6. The summed E-state index contributed by atoms with van der Waals surface area (Å²) in [4.78, 5) is 4.77. The highest BCUT2D eigenvalue weighted by Crippen LogP contribution is 2.37. The first-order chi connectivity index (χ1) is 19.3. The van der Waals surface area contributed by atoms with Crippen LogP contribution >= 0.6 is 0 Å². The lowest BCUT2D eigenvalue weighted by Crippen LogP contribution is -2.06. The Bertz CT molecular complexity index is 1770. The normalized spacial score (nSPS) is 12.2. The van der Waals surface area contributed by atoms with E-state index < -0.39 is 0 Å². The van der Waals surface area contributed by atoms with Crippen molar-refractivity contribution in [2.75, 3.05) is 0 Å². The van der Waals surface area contributed by atoms with Crippen molar-refractivity contribution in [3.05, 3.63) is 89.5 Å². The molecule has 6 aromatic rings. The molecule has 0 aliphatic carbocycles. The molecule has 206 valence electrons. The fraction of sp³-hybridized carbons (Fsp3) is 0.333. The molecule has 6 rings (SSSR count). The molecule has 4 aromatic heterocycles. The van der Waals surface area contributed by atoms with Crippen molar-refractivity contribution in [3.63, 3.8) is 0 Å². The van der Waals surface area contributed by atoms with Gasteiger partial charge in [-0.25, -0.2) is 9.67 Å². The zero-order chi connectivity index (χ0) is 28.6. The van der Waals surface area contributed by atoms with Crippen LogP contribution in [0, 0.1) is 13.8 Å². The highest BCUT2D eigenvalue weighted by Gasteiger charge is 2.23. The maximum absolute atomic E-state index is 5.23. The van der Waals surface area contributed by atoms with Crippen LogP contribution in [-0.2, 0) is 13.6 Å². The topological polar surface area (TPSA) is 66.3 Å². The third-order valence-electron chi connectivity index (χ3n) is 7.42. The van der Waals surface area contributed by atoms with Crippen LogP contribution in [0.2, 0.25) is 0 Å². The lowest BCUT2D eigenvalue weighted by atomic mass is 9.95. The van der Waals surface area contributed by atoms with Gasteiger partial charge in [-0.1, -0.05) is 77.1 Å². The van der Waals surface area contributed by atoms with Crippen molar-refractivity contribution in [2.45, 2.75) is 66.8 Å². The predicted octanol–water partition coefficient (Wildman–Crippen LogP) is 7.74. The Kier molecular flexibility index (Phi) is 7.57. The highest BCUT2D eigenvalue weighted by atomic mass is 15.3. The van der Waals surface area contributed by atoms with Crippen LogP contribution in [0.1, 0.15) is 69.0 Å². The van der Waals surface area contributed by atoms with Gasteiger partial charge in [-0.2, -0.15) is 15.3 Å². The van der Waals surface area contributed by atoms with E-state index in [0.29, 0.717) is 11.8 Å². The molecule has 0 unspecified atom stereocenters. The van der Waals surface area contributed by atoms with Crippen molar-refractivity contribution >= 4 is 21.9 Å². The average Bonchev–Trinajstić information content (AvgIpc) is 3.63. The zero-order valence-corrected chi connectivity index (χ0v) is 24.8. The molecule has 0 radical (unpaired) electrons. The van der Waals surface area contributed by atoms with E-state index in [1.54, 1.807) is 4.68 Å². The van der Waals surface area contributed by atoms with Crippen LogP contribution in [-0.4, -0.2) is 34.3 Å². The molecular formula is C33H39N7. The van der Waals surface area contributed by atoms with Gasteiger partial charge in [-0.3, -0.25) is 9.36 Å². The molecule has 7 nitrogen and oxygen atoms in total. The summed E-state index contributed by atoms with van der Waals surface area (Å²) in [6.07, 6.45) is 4.18. The molecule has 0 amide bonds. The summed E-state index contributed by atoms with van der Waals surface area (Å²) in [7, 11) is 1.92. The fourth-order valence-electron chi connectivity index (χ4n) is 5.56. The van der Waals surface area contributed by atoms with Crippen molar-refractivity contribution < 1.29 is 0 Å². The van der Waals surface area contributed by atoms with Crippen molar-refractivity contribution in [1.82, 2.24) is 34.3 Å². The van der Waals surface area contributed by atoms with Gasteiger partial charge in [-0.05, 0) is 37.5 Å². The number of nitrogens with zero attached hydrogens (tertiary/aromatic N) is 7. The van der Waals surface area contributed by atoms with E-state index in [-0.39, 0.29) is 0 Å². The van der Waals surface area contributed by atoms with Gasteiger partial charge >= 0.3 is 0 Å². The van der Waals surface area contributed by atoms with Gasteiger partial charge in [0.1, 0.15) is 0 Å². The van der Waals surface area contributed by atoms with E-state index in [1.807, 2.05) is 34.0 Å². The van der Waals surface area contributed by atoms with E-state index in [4.69, 9.17) is 15.2 Å². The highest BCUT2D eigenvalue weighted by molar-refractivity contribution is 5.94. The molecule has 1 atom stereocenters. The van der Waals surface area contributed by atoms with E-state index in [9.17, 15) is 0 Å². The molecule has 7 heteroatoms. The molecule has 2 aromatic carbocycles. The van der Waals surface area contributed by atoms with Crippen LogP contribution < -0.4 is 0 Å². The van der Waals surface area contributed by atoms with Crippen LogP contribution in [0.25, 0.3) is 38.9 Å². The summed E-state index contributed by atoms with van der Waals surface area (Å²) >= 11 is 0. The van der Waals surface area contributed by atoms with Crippen LogP contribution in [0.15, 0.2) is 67.0 Å². The van der Waals surface area contributed by atoms with Crippen molar-refractivity contribution in [2.24, 2.45) is 7.05 Å². The lowest BCUT2D eigenvalue weighted by molar-refractivity contribution is 0.547. The summed E-state index contributed by atoms with van der Waals surface area (Å²) in [5.41, 5.74) is 9.44. The average molecular weight is 534 g/mol. The lowest BCUT2D eigenvalue weighted by Gasteiger charge is -2.11. The van der Waals surface area contributed by atoms with Crippen LogP contribution in [0.4, 0.5) is 0 Å². The maximum Gasteiger partial charge on any atom is 0.181 e. The van der Waals surface area contributed by atoms with E-state index >= 15 is 0 Å². The second kappa shape index (κ2) is 11.1. The van der Waals surface area contributed by atoms with Gasteiger partial charge in [0.05, 0.1) is 22.6 Å². The molecule has 0 saturated carbocycles. The first kappa shape index (κ1) is 27.3. The molecule has 0 spiro atoms. The standard InChI is InChI=1S/C31H33N7.C2H6/c1-19(2)29-22(5)38(28-15-24-17-36(6)35-31(24)32-21(28)4)34-30(29)25-13-10-14-27-26(25)18-37(33-27)16-20(3)23-11-8-7-9-12-23;1-2/h7-15,17-20H,16H2,1-6H3;1-2H3/t20-;/m0./s1. The number of hydrogen-bond acceptors (Lipinski definition) is 4. The van der Waals surface area contributed by atoms with Gasteiger partial charge in [0.25, 0.3) is 0 Å². The minimum Gasteiger partial charge on any atom is -0.273 e. The fourth-order valence-corrected chi connectivity index (χ4v) is 5.56. The Balaban J connectivity index is 0.00000158. The number of benzene rings is 2. The Morgan fingerprint density at radius 2 is 1.60 bits per heavy atom. The number of pyridine rings is 1.